The normalized spacial score (nSPS) is 10.2. The summed E-state index contributed by atoms with van der Waals surface area (Å²) in [5.41, 5.74) is 3.79. The highest BCUT2D eigenvalue weighted by Gasteiger charge is 2.04. The molecule has 4 heteroatoms. The van der Waals surface area contributed by atoms with Crippen molar-refractivity contribution in [3.8, 4) is 22.6 Å². The lowest BCUT2D eigenvalue weighted by Crippen LogP contribution is -1.92. The first-order valence-electron chi connectivity index (χ1n) is 6.28. The molecule has 2 aromatic carbocycles. The van der Waals surface area contributed by atoms with Gasteiger partial charge in [-0.25, -0.2) is 4.98 Å². The van der Waals surface area contributed by atoms with E-state index in [9.17, 15) is 4.79 Å². The van der Waals surface area contributed by atoms with E-state index in [0.29, 0.717) is 6.41 Å². The Bertz CT molecular complexity index is 702. The Labute approximate surface area is 116 Å². The Morgan fingerprint density at radius 1 is 0.950 bits per heavy atom. The molecule has 98 valence electrons. The van der Waals surface area contributed by atoms with E-state index in [2.05, 4.69) is 15.3 Å². The lowest BCUT2D eigenvalue weighted by atomic mass is 10.1. The third-order valence-electron chi connectivity index (χ3n) is 3.04. The number of rotatable bonds is 4. The maximum atomic E-state index is 10.4. The zero-order chi connectivity index (χ0) is 13.8. The highest BCUT2D eigenvalue weighted by molar-refractivity contribution is 5.73. The van der Waals surface area contributed by atoms with Gasteiger partial charge in [-0.05, 0) is 17.7 Å². The summed E-state index contributed by atoms with van der Waals surface area (Å²) in [6.45, 7) is 0. The predicted molar refractivity (Wildman–Crippen MR) is 79.1 cm³/mol. The highest BCUT2D eigenvalue weighted by atomic mass is 16.1. The van der Waals surface area contributed by atoms with Gasteiger partial charge in [0.05, 0.1) is 11.9 Å². The quantitative estimate of drug-likeness (QED) is 0.709. The smallest absolute Gasteiger partial charge is 0.211 e. The van der Waals surface area contributed by atoms with Gasteiger partial charge in [0.25, 0.3) is 0 Å². The van der Waals surface area contributed by atoms with Gasteiger partial charge in [-0.3, -0.25) is 4.79 Å². The number of hydrogen-bond donors (Lipinski definition) is 2. The first kappa shape index (κ1) is 12.2. The van der Waals surface area contributed by atoms with Gasteiger partial charge in [-0.15, -0.1) is 0 Å². The fraction of sp³-hybridized carbons (Fsp3) is 0. The van der Waals surface area contributed by atoms with E-state index < -0.39 is 0 Å². The number of carbonyl (C=O) groups is 1. The number of imidazole rings is 1. The maximum absolute atomic E-state index is 10.4. The molecule has 0 bridgehead atoms. The lowest BCUT2D eigenvalue weighted by molar-refractivity contribution is -0.105. The molecule has 0 aliphatic heterocycles. The Balaban J connectivity index is 1.88. The molecule has 4 nitrogen and oxygen atoms in total. The van der Waals surface area contributed by atoms with Gasteiger partial charge in [-0.1, -0.05) is 42.5 Å². The van der Waals surface area contributed by atoms with Crippen LogP contribution < -0.4 is 5.32 Å². The van der Waals surface area contributed by atoms with Crippen molar-refractivity contribution in [2.24, 2.45) is 0 Å². The van der Waals surface area contributed by atoms with Crippen LogP contribution in [0.3, 0.4) is 0 Å². The van der Waals surface area contributed by atoms with Crippen LogP contribution in [0.25, 0.3) is 22.6 Å². The Morgan fingerprint density at radius 2 is 1.70 bits per heavy atom. The summed E-state index contributed by atoms with van der Waals surface area (Å²) < 4.78 is 0. The molecule has 0 aliphatic carbocycles. The Hall–Kier alpha value is -2.88. The van der Waals surface area contributed by atoms with Crippen LogP contribution in [0.4, 0.5) is 5.69 Å². The summed E-state index contributed by atoms with van der Waals surface area (Å²) in [7, 11) is 0. The molecular weight excluding hydrogens is 250 g/mol. The van der Waals surface area contributed by atoms with E-state index in [1.54, 1.807) is 0 Å². The molecule has 20 heavy (non-hydrogen) atoms. The van der Waals surface area contributed by atoms with Crippen molar-refractivity contribution in [2.75, 3.05) is 5.32 Å². The molecule has 0 unspecified atom stereocenters. The van der Waals surface area contributed by atoms with Crippen molar-refractivity contribution in [1.29, 1.82) is 0 Å². The predicted octanol–water partition coefficient (Wildman–Crippen LogP) is 3.31. The first-order chi connectivity index (χ1) is 9.86. The number of amides is 1. The number of anilines is 1. The summed E-state index contributed by atoms with van der Waals surface area (Å²) in [4.78, 5) is 18.1. The van der Waals surface area contributed by atoms with Gasteiger partial charge < -0.3 is 10.3 Å². The molecule has 0 saturated carbocycles. The maximum Gasteiger partial charge on any atom is 0.211 e. The molecule has 1 amide bonds. The fourth-order valence-electron chi connectivity index (χ4n) is 2.02. The van der Waals surface area contributed by atoms with E-state index in [0.717, 1.165) is 28.3 Å². The van der Waals surface area contributed by atoms with Crippen molar-refractivity contribution < 1.29 is 4.79 Å². The van der Waals surface area contributed by atoms with E-state index in [1.165, 1.54) is 0 Å². The molecule has 2 N–H and O–H groups in total. The number of benzene rings is 2. The number of hydrogen-bond acceptors (Lipinski definition) is 2. The van der Waals surface area contributed by atoms with Crippen molar-refractivity contribution in [3.63, 3.8) is 0 Å². The van der Waals surface area contributed by atoms with Crippen molar-refractivity contribution in [1.82, 2.24) is 9.97 Å². The van der Waals surface area contributed by atoms with Gasteiger partial charge >= 0.3 is 0 Å². The number of aromatic nitrogens is 2. The Morgan fingerprint density at radius 3 is 2.40 bits per heavy atom. The molecule has 0 fully saturated rings. The number of nitrogens with one attached hydrogen (secondary N) is 2. The van der Waals surface area contributed by atoms with Gasteiger partial charge in [-0.2, -0.15) is 0 Å². The largest absolute Gasteiger partial charge is 0.338 e. The number of H-pyrrole nitrogens is 1. The molecule has 1 aromatic heterocycles. The minimum Gasteiger partial charge on any atom is -0.338 e. The zero-order valence-electron chi connectivity index (χ0n) is 10.7. The monoisotopic (exact) mass is 263 g/mol. The van der Waals surface area contributed by atoms with Crippen LogP contribution in [0.1, 0.15) is 0 Å². The van der Waals surface area contributed by atoms with Crippen LogP contribution in [0.15, 0.2) is 60.8 Å². The molecule has 3 rings (SSSR count). The fourth-order valence-corrected chi connectivity index (χ4v) is 2.02. The minimum atomic E-state index is 0.665. The molecule has 0 spiro atoms. The van der Waals surface area contributed by atoms with Crippen molar-refractivity contribution in [3.05, 3.63) is 60.8 Å². The van der Waals surface area contributed by atoms with Crippen LogP contribution in [-0.4, -0.2) is 16.4 Å². The molecular formula is C16H13N3O. The molecule has 0 aliphatic rings. The number of nitrogens with zero attached hydrogens (tertiary/aromatic N) is 1. The number of carbonyl (C=O) groups excluding carboxylic acids is 1. The lowest BCUT2D eigenvalue weighted by Gasteiger charge is -2.01. The van der Waals surface area contributed by atoms with Crippen LogP contribution >= 0.6 is 0 Å². The van der Waals surface area contributed by atoms with Crippen molar-refractivity contribution >= 4 is 12.1 Å². The van der Waals surface area contributed by atoms with Gasteiger partial charge in [0.15, 0.2) is 0 Å². The minimum absolute atomic E-state index is 0.665. The second-order valence-electron chi connectivity index (χ2n) is 4.35. The Kier molecular flexibility index (Phi) is 3.29. The second kappa shape index (κ2) is 5.40. The summed E-state index contributed by atoms with van der Waals surface area (Å²) in [6, 6.07) is 17.6. The number of aromatic amines is 1. The molecule has 3 aromatic rings. The van der Waals surface area contributed by atoms with E-state index in [4.69, 9.17) is 0 Å². The summed E-state index contributed by atoms with van der Waals surface area (Å²) in [5, 5.41) is 2.61. The van der Waals surface area contributed by atoms with E-state index >= 15 is 0 Å². The summed E-state index contributed by atoms with van der Waals surface area (Å²) in [6.07, 6.45) is 2.48. The van der Waals surface area contributed by atoms with E-state index in [1.807, 2.05) is 60.8 Å². The highest BCUT2D eigenvalue weighted by Crippen LogP contribution is 2.23. The summed E-state index contributed by atoms with van der Waals surface area (Å²) >= 11 is 0. The van der Waals surface area contributed by atoms with Crippen LogP contribution in [-0.2, 0) is 4.79 Å². The van der Waals surface area contributed by atoms with E-state index in [-0.39, 0.29) is 0 Å². The topological polar surface area (TPSA) is 57.8 Å². The average Bonchev–Trinajstić information content (AvgIpc) is 2.99. The summed E-state index contributed by atoms with van der Waals surface area (Å²) in [5.74, 6) is 0.843. The SMILES string of the molecule is O=CNc1ccc(-c2cnc(-c3ccccc3)[nH]2)cc1. The molecule has 0 radical (unpaired) electrons. The van der Waals surface area contributed by atoms with Crippen LogP contribution in [0, 0.1) is 0 Å². The molecule has 0 atom stereocenters. The van der Waals surface area contributed by atoms with Gasteiger partial charge in [0.1, 0.15) is 5.82 Å². The van der Waals surface area contributed by atoms with Crippen LogP contribution in [0.5, 0.6) is 0 Å². The third kappa shape index (κ3) is 2.44. The van der Waals surface area contributed by atoms with Gasteiger partial charge in [0.2, 0.25) is 6.41 Å². The van der Waals surface area contributed by atoms with Gasteiger partial charge in [0, 0.05) is 11.3 Å². The molecule has 0 saturated heterocycles. The zero-order valence-corrected chi connectivity index (χ0v) is 10.7. The molecule has 1 heterocycles. The van der Waals surface area contributed by atoms with Crippen molar-refractivity contribution in [2.45, 2.75) is 0 Å². The second-order valence-corrected chi connectivity index (χ2v) is 4.35. The van der Waals surface area contributed by atoms with Crippen LogP contribution in [0.2, 0.25) is 0 Å². The standard InChI is InChI=1S/C16H13N3O/c20-11-18-14-8-6-12(7-9-14)15-10-17-16(19-15)13-4-2-1-3-5-13/h1-11H,(H,17,19)(H,18,20). The average molecular weight is 263 g/mol. The first-order valence-corrected chi connectivity index (χ1v) is 6.28. The third-order valence-corrected chi connectivity index (χ3v) is 3.04.